The summed E-state index contributed by atoms with van der Waals surface area (Å²) < 4.78 is 5.77. The molecule has 6 heteroatoms. The third-order valence-corrected chi connectivity index (χ3v) is 4.40. The van der Waals surface area contributed by atoms with Gasteiger partial charge in [0.2, 0.25) is 0 Å². The lowest BCUT2D eigenvalue weighted by molar-refractivity contribution is -0.122. The molecule has 3 aromatic carbocycles. The van der Waals surface area contributed by atoms with Gasteiger partial charge in [-0.2, -0.15) is 0 Å². The zero-order chi connectivity index (χ0) is 21.5. The van der Waals surface area contributed by atoms with Gasteiger partial charge >= 0.3 is 0 Å². The van der Waals surface area contributed by atoms with Crippen LogP contribution in [0.4, 0.5) is 11.4 Å². The largest absolute Gasteiger partial charge is 0.480 e. The van der Waals surface area contributed by atoms with E-state index in [0.29, 0.717) is 28.3 Å². The molecule has 0 bridgehead atoms. The van der Waals surface area contributed by atoms with E-state index in [1.807, 2.05) is 18.2 Å². The highest BCUT2D eigenvalue weighted by molar-refractivity contribution is 6.06. The molecule has 0 fully saturated rings. The minimum Gasteiger partial charge on any atom is -0.480 e. The summed E-state index contributed by atoms with van der Waals surface area (Å²) in [5, 5.41) is 5.55. The van der Waals surface area contributed by atoms with Crippen LogP contribution in [0.25, 0.3) is 0 Å². The first-order valence-electron chi connectivity index (χ1n) is 9.48. The molecule has 3 rings (SSSR count). The van der Waals surface area contributed by atoms with Gasteiger partial charge in [0, 0.05) is 16.9 Å². The van der Waals surface area contributed by atoms with Crippen molar-refractivity contribution in [2.75, 3.05) is 10.6 Å². The highest BCUT2D eigenvalue weighted by Crippen LogP contribution is 2.21. The van der Waals surface area contributed by atoms with Crippen LogP contribution in [-0.2, 0) is 4.79 Å². The van der Waals surface area contributed by atoms with Crippen LogP contribution < -0.4 is 15.4 Å². The first kappa shape index (κ1) is 20.8. The highest BCUT2D eigenvalue weighted by atomic mass is 16.5. The lowest BCUT2D eigenvalue weighted by Crippen LogP contribution is -2.30. The van der Waals surface area contributed by atoms with E-state index in [4.69, 9.17) is 4.74 Å². The number of benzene rings is 3. The number of rotatable bonds is 7. The summed E-state index contributed by atoms with van der Waals surface area (Å²) in [7, 11) is 0. The van der Waals surface area contributed by atoms with Gasteiger partial charge in [-0.25, -0.2) is 0 Å². The predicted octanol–water partition coefficient (Wildman–Crippen LogP) is 4.55. The van der Waals surface area contributed by atoms with Crippen molar-refractivity contribution in [3.63, 3.8) is 0 Å². The Morgan fingerprint density at radius 1 is 0.767 bits per heavy atom. The summed E-state index contributed by atoms with van der Waals surface area (Å²) in [6.07, 6.45) is -0.844. The Balaban J connectivity index is 1.67. The molecule has 6 nitrogen and oxygen atoms in total. The first-order chi connectivity index (χ1) is 14.4. The number of amides is 2. The number of carbonyl (C=O) groups is 3. The van der Waals surface area contributed by atoms with Gasteiger partial charge in [0.15, 0.2) is 11.9 Å². The summed E-state index contributed by atoms with van der Waals surface area (Å²) in [6, 6.07) is 22.4. The average Bonchev–Trinajstić information content (AvgIpc) is 2.75. The van der Waals surface area contributed by atoms with E-state index < -0.39 is 6.10 Å². The minimum atomic E-state index is -0.844. The molecule has 152 valence electrons. The van der Waals surface area contributed by atoms with Gasteiger partial charge in [0.25, 0.3) is 11.8 Å². The van der Waals surface area contributed by atoms with Gasteiger partial charge in [0.1, 0.15) is 5.75 Å². The maximum atomic E-state index is 12.6. The number of hydrogen-bond acceptors (Lipinski definition) is 4. The number of ketones is 1. The van der Waals surface area contributed by atoms with Crippen molar-refractivity contribution in [1.82, 2.24) is 0 Å². The average molecular weight is 402 g/mol. The van der Waals surface area contributed by atoms with Crippen molar-refractivity contribution < 1.29 is 19.1 Å². The number of para-hydroxylation sites is 2. The lowest BCUT2D eigenvalue weighted by atomic mass is 10.1. The fourth-order valence-corrected chi connectivity index (χ4v) is 2.75. The summed E-state index contributed by atoms with van der Waals surface area (Å²) >= 11 is 0. The van der Waals surface area contributed by atoms with Crippen molar-refractivity contribution in [2.45, 2.75) is 20.0 Å². The number of ether oxygens (including phenoxy) is 1. The van der Waals surface area contributed by atoms with Gasteiger partial charge in [0.05, 0.1) is 5.56 Å². The Hall–Kier alpha value is -3.93. The van der Waals surface area contributed by atoms with E-state index in [0.717, 1.165) is 0 Å². The van der Waals surface area contributed by atoms with Crippen molar-refractivity contribution in [3.05, 3.63) is 90.0 Å². The van der Waals surface area contributed by atoms with Crippen molar-refractivity contribution in [3.8, 4) is 5.75 Å². The molecule has 30 heavy (non-hydrogen) atoms. The molecular weight excluding hydrogens is 380 g/mol. The molecule has 2 amide bonds. The summed E-state index contributed by atoms with van der Waals surface area (Å²) in [6.45, 7) is 3.08. The Labute approximate surface area is 174 Å². The van der Waals surface area contributed by atoms with Crippen LogP contribution >= 0.6 is 0 Å². The SMILES string of the molecule is CC(=O)c1ccc(NC(=O)[C@H](C)Oc2ccccc2C(=O)Nc2ccccc2)cc1. The molecule has 1 atom stereocenters. The van der Waals surface area contributed by atoms with Gasteiger partial charge in [-0.3, -0.25) is 14.4 Å². The monoisotopic (exact) mass is 402 g/mol. The Morgan fingerprint density at radius 2 is 1.37 bits per heavy atom. The van der Waals surface area contributed by atoms with Gasteiger partial charge in [-0.1, -0.05) is 30.3 Å². The number of nitrogens with one attached hydrogen (secondary N) is 2. The third-order valence-electron chi connectivity index (χ3n) is 4.40. The maximum Gasteiger partial charge on any atom is 0.265 e. The molecule has 0 unspecified atom stereocenters. The van der Waals surface area contributed by atoms with Crippen LogP contribution in [0.2, 0.25) is 0 Å². The zero-order valence-corrected chi connectivity index (χ0v) is 16.7. The van der Waals surface area contributed by atoms with Crippen LogP contribution in [0.3, 0.4) is 0 Å². The predicted molar refractivity (Wildman–Crippen MR) is 116 cm³/mol. The standard InChI is InChI=1S/C24H22N2O4/c1-16(27)18-12-14-20(15-13-18)25-23(28)17(2)30-22-11-7-6-10-21(22)24(29)26-19-8-4-3-5-9-19/h3-15,17H,1-2H3,(H,25,28)(H,26,29)/t17-/m0/s1. The van der Waals surface area contributed by atoms with E-state index in [1.54, 1.807) is 67.6 Å². The van der Waals surface area contributed by atoms with Crippen molar-refractivity contribution in [1.29, 1.82) is 0 Å². The quantitative estimate of drug-likeness (QED) is 0.568. The minimum absolute atomic E-state index is 0.0463. The summed E-state index contributed by atoms with van der Waals surface area (Å²) in [4.78, 5) is 36.5. The molecule has 0 radical (unpaired) electrons. The molecule has 0 aliphatic carbocycles. The summed E-state index contributed by atoms with van der Waals surface area (Å²) in [5.41, 5.74) is 2.11. The Kier molecular flexibility index (Phi) is 6.60. The topological polar surface area (TPSA) is 84.5 Å². The lowest BCUT2D eigenvalue weighted by Gasteiger charge is -2.17. The molecule has 0 aliphatic rings. The molecule has 0 saturated heterocycles. The van der Waals surface area contributed by atoms with Crippen molar-refractivity contribution in [2.24, 2.45) is 0 Å². The molecule has 2 N–H and O–H groups in total. The molecule has 0 spiro atoms. The molecule has 0 aliphatic heterocycles. The zero-order valence-electron chi connectivity index (χ0n) is 16.7. The molecule has 0 aromatic heterocycles. The number of Topliss-reactive ketones (excluding diaryl/α,β-unsaturated/α-hetero) is 1. The van der Waals surface area contributed by atoms with Gasteiger partial charge in [-0.15, -0.1) is 0 Å². The first-order valence-corrected chi connectivity index (χ1v) is 9.48. The van der Waals surface area contributed by atoms with E-state index in [1.165, 1.54) is 6.92 Å². The maximum absolute atomic E-state index is 12.6. The fourth-order valence-electron chi connectivity index (χ4n) is 2.75. The number of carbonyl (C=O) groups excluding carboxylic acids is 3. The van der Waals surface area contributed by atoms with Gasteiger partial charge < -0.3 is 15.4 Å². The second kappa shape index (κ2) is 9.52. The van der Waals surface area contributed by atoms with Crippen LogP contribution in [0, 0.1) is 0 Å². The highest BCUT2D eigenvalue weighted by Gasteiger charge is 2.19. The van der Waals surface area contributed by atoms with E-state index in [9.17, 15) is 14.4 Å². The molecular formula is C24H22N2O4. The number of hydrogen-bond donors (Lipinski definition) is 2. The van der Waals surface area contributed by atoms with E-state index >= 15 is 0 Å². The van der Waals surface area contributed by atoms with Crippen LogP contribution in [-0.4, -0.2) is 23.7 Å². The normalized spacial score (nSPS) is 11.3. The molecule has 0 heterocycles. The van der Waals surface area contributed by atoms with Gasteiger partial charge in [-0.05, 0) is 62.4 Å². The Morgan fingerprint density at radius 3 is 2.03 bits per heavy atom. The van der Waals surface area contributed by atoms with Crippen LogP contribution in [0.5, 0.6) is 5.75 Å². The van der Waals surface area contributed by atoms with Crippen LogP contribution in [0.1, 0.15) is 34.6 Å². The fraction of sp³-hybridized carbons (Fsp3) is 0.125. The Bertz CT molecular complexity index is 1050. The smallest absolute Gasteiger partial charge is 0.265 e. The third kappa shape index (κ3) is 5.32. The van der Waals surface area contributed by atoms with Crippen molar-refractivity contribution >= 4 is 29.0 Å². The second-order valence-corrected chi connectivity index (χ2v) is 6.70. The van der Waals surface area contributed by atoms with E-state index in [2.05, 4.69) is 10.6 Å². The van der Waals surface area contributed by atoms with E-state index in [-0.39, 0.29) is 17.6 Å². The second-order valence-electron chi connectivity index (χ2n) is 6.70. The molecule has 3 aromatic rings. The number of anilines is 2. The van der Waals surface area contributed by atoms with Crippen LogP contribution in [0.15, 0.2) is 78.9 Å². The summed E-state index contributed by atoms with van der Waals surface area (Å²) in [5.74, 6) is -0.441. The molecule has 0 saturated carbocycles.